The molecule has 0 N–H and O–H groups in total. The molecule has 0 aliphatic heterocycles. The van der Waals surface area contributed by atoms with Crippen molar-refractivity contribution >= 4 is 5.78 Å². The Morgan fingerprint density at radius 1 is 0.857 bits per heavy atom. The molecule has 3 heteroatoms. The topological polar surface area (TPSA) is 17.1 Å². The van der Waals surface area contributed by atoms with Crippen molar-refractivity contribution < 1.29 is 13.6 Å². The fourth-order valence-electron chi connectivity index (χ4n) is 2.23. The van der Waals surface area contributed by atoms with Gasteiger partial charge in [-0.05, 0) is 25.7 Å². The third-order valence-corrected chi connectivity index (χ3v) is 3.77. The van der Waals surface area contributed by atoms with Gasteiger partial charge in [0.15, 0.2) is 5.78 Å². The fourth-order valence-corrected chi connectivity index (χ4v) is 2.23. The Hall–Kier alpha value is -0.730. The molecule has 0 bridgehead atoms. The van der Waals surface area contributed by atoms with Gasteiger partial charge in [0.05, 0.1) is 0 Å². The van der Waals surface area contributed by atoms with E-state index in [1.54, 1.807) is 0 Å². The van der Waals surface area contributed by atoms with Crippen LogP contribution in [0.4, 0.5) is 8.78 Å². The summed E-state index contributed by atoms with van der Waals surface area (Å²) in [6, 6.07) is 0. The smallest absolute Gasteiger partial charge is 0.293 e. The van der Waals surface area contributed by atoms with E-state index < -0.39 is 11.7 Å². The van der Waals surface area contributed by atoms with E-state index in [1.807, 2.05) is 0 Å². The predicted octanol–water partition coefficient (Wildman–Crippen LogP) is 6.47. The molecular weight excluding hydrogens is 270 g/mol. The normalized spacial score (nSPS) is 12.2. The van der Waals surface area contributed by atoms with Gasteiger partial charge in [0.1, 0.15) is 0 Å². The molecule has 124 valence electrons. The van der Waals surface area contributed by atoms with Gasteiger partial charge in [0.2, 0.25) is 0 Å². The van der Waals surface area contributed by atoms with Crippen molar-refractivity contribution in [3.63, 3.8) is 0 Å². The first-order chi connectivity index (χ1) is 10.0. The Morgan fingerprint density at radius 2 is 1.33 bits per heavy atom. The molecule has 0 atom stereocenters. The molecule has 21 heavy (non-hydrogen) atoms. The van der Waals surface area contributed by atoms with E-state index >= 15 is 0 Å². The van der Waals surface area contributed by atoms with Crippen molar-refractivity contribution in [1.29, 1.82) is 0 Å². The van der Waals surface area contributed by atoms with Crippen molar-refractivity contribution in [3.8, 4) is 0 Å². The van der Waals surface area contributed by atoms with Gasteiger partial charge < -0.3 is 0 Å². The highest BCUT2D eigenvalue weighted by atomic mass is 19.3. The van der Waals surface area contributed by atoms with Crippen LogP contribution in [0.5, 0.6) is 0 Å². The lowest BCUT2D eigenvalue weighted by Gasteiger charge is -2.11. The number of halogens is 2. The van der Waals surface area contributed by atoms with Crippen molar-refractivity contribution in [2.45, 2.75) is 96.8 Å². The van der Waals surface area contributed by atoms with Gasteiger partial charge in [-0.15, -0.1) is 0 Å². The quantitative estimate of drug-likeness (QED) is 0.265. The maximum Gasteiger partial charge on any atom is 0.304 e. The Balaban J connectivity index is 3.26. The number of unbranched alkanes of at least 4 members (excludes halogenated alkanes) is 9. The molecule has 0 heterocycles. The van der Waals surface area contributed by atoms with Gasteiger partial charge in [-0.25, -0.2) is 0 Å². The molecule has 0 fully saturated rings. The summed E-state index contributed by atoms with van der Waals surface area (Å²) in [6.07, 6.45) is 16.2. The van der Waals surface area contributed by atoms with Crippen molar-refractivity contribution in [3.05, 3.63) is 12.2 Å². The summed E-state index contributed by atoms with van der Waals surface area (Å²) in [6.45, 7) is 3.17. The Kier molecular flexibility index (Phi) is 12.5. The molecule has 1 nitrogen and oxygen atoms in total. The summed E-state index contributed by atoms with van der Waals surface area (Å²) < 4.78 is 26.0. The number of carbonyl (C=O) groups excluding carboxylic acids is 1. The highest BCUT2D eigenvalue weighted by Gasteiger charge is 2.33. The van der Waals surface area contributed by atoms with Gasteiger partial charge in [-0.3, -0.25) is 4.79 Å². The van der Waals surface area contributed by atoms with Crippen LogP contribution in [-0.4, -0.2) is 11.7 Å². The summed E-state index contributed by atoms with van der Waals surface area (Å²) in [4.78, 5) is 10.7. The second kappa shape index (κ2) is 13.0. The Bertz CT molecular complexity index is 285. The molecule has 0 saturated heterocycles. The number of hydrogen-bond donors (Lipinski definition) is 0. The van der Waals surface area contributed by atoms with E-state index in [0.717, 1.165) is 32.6 Å². The molecule has 0 aromatic rings. The lowest BCUT2D eigenvalue weighted by Crippen LogP contribution is -2.25. The average molecular weight is 302 g/mol. The van der Waals surface area contributed by atoms with E-state index in [2.05, 4.69) is 19.1 Å². The van der Waals surface area contributed by atoms with E-state index in [9.17, 15) is 13.6 Å². The van der Waals surface area contributed by atoms with Crippen LogP contribution < -0.4 is 0 Å². The minimum atomic E-state index is -3.11. The first kappa shape index (κ1) is 20.3. The molecule has 0 aromatic heterocycles. The van der Waals surface area contributed by atoms with Crippen LogP contribution in [0.15, 0.2) is 12.2 Å². The zero-order valence-corrected chi connectivity index (χ0v) is 13.8. The molecule has 0 radical (unpaired) electrons. The number of alkyl halides is 2. The second-order valence-electron chi connectivity index (χ2n) is 5.89. The highest BCUT2D eigenvalue weighted by Crippen LogP contribution is 2.23. The summed E-state index contributed by atoms with van der Waals surface area (Å²) in [5.41, 5.74) is 0. The molecule has 0 aromatic carbocycles. The van der Waals surface area contributed by atoms with Crippen LogP contribution in [0.3, 0.4) is 0 Å². The lowest BCUT2D eigenvalue weighted by molar-refractivity contribution is -0.141. The van der Waals surface area contributed by atoms with Gasteiger partial charge in [0, 0.05) is 13.3 Å². The van der Waals surface area contributed by atoms with Gasteiger partial charge >= 0.3 is 5.92 Å². The molecule has 0 amide bonds. The average Bonchev–Trinajstić information content (AvgIpc) is 2.43. The molecule has 0 aliphatic carbocycles. The fraction of sp³-hybridized carbons (Fsp3) is 0.833. The standard InChI is InChI=1S/C18H32F2O/c1-3-4-5-6-7-8-9-10-11-12-13-14-15-16-18(19,20)17(2)21/h6-7H,3-5,8-16H2,1-2H3/b7-6-. The van der Waals surface area contributed by atoms with Crippen molar-refractivity contribution in [1.82, 2.24) is 0 Å². The van der Waals surface area contributed by atoms with Crippen LogP contribution in [0.1, 0.15) is 90.9 Å². The van der Waals surface area contributed by atoms with E-state index in [0.29, 0.717) is 6.42 Å². The van der Waals surface area contributed by atoms with Crippen molar-refractivity contribution in [2.24, 2.45) is 0 Å². The van der Waals surface area contributed by atoms with Crippen LogP contribution >= 0.6 is 0 Å². The number of ketones is 1. The third-order valence-electron chi connectivity index (χ3n) is 3.77. The third kappa shape index (κ3) is 12.7. The first-order valence-corrected chi connectivity index (χ1v) is 8.54. The first-order valence-electron chi connectivity index (χ1n) is 8.54. The molecule has 0 saturated carbocycles. The van der Waals surface area contributed by atoms with E-state index in [4.69, 9.17) is 0 Å². The summed E-state index contributed by atoms with van der Waals surface area (Å²) in [7, 11) is 0. The van der Waals surface area contributed by atoms with Crippen LogP contribution in [-0.2, 0) is 4.79 Å². The molecule has 0 aliphatic rings. The summed E-state index contributed by atoms with van der Waals surface area (Å²) >= 11 is 0. The lowest BCUT2D eigenvalue weighted by atomic mass is 10.0. The largest absolute Gasteiger partial charge is 0.304 e. The van der Waals surface area contributed by atoms with Gasteiger partial charge in [0.25, 0.3) is 0 Å². The van der Waals surface area contributed by atoms with Gasteiger partial charge in [-0.2, -0.15) is 8.78 Å². The number of Topliss-reactive ketones (excluding diaryl/α,β-unsaturated/α-hetero) is 1. The second-order valence-corrected chi connectivity index (χ2v) is 5.89. The highest BCUT2D eigenvalue weighted by molar-refractivity contribution is 5.82. The number of rotatable bonds is 14. The predicted molar refractivity (Wildman–Crippen MR) is 85.8 cm³/mol. The van der Waals surface area contributed by atoms with Crippen molar-refractivity contribution in [2.75, 3.05) is 0 Å². The number of hydrogen-bond acceptors (Lipinski definition) is 1. The minimum Gasteiger partial charge on any atom is -0.293 e. The Morgan fingerprint density at radius 3 is 1.86 bits per heavy atom. The Labute approximate surface area is 129 Å². The van der Waals surface area contributed by atoms with E-state index in [-0.39, 0.29) is 6.42 Å². The zero-order chi connectivity index (χ0) is 16.0. The van der Waals surface area contributed by atoms with Crippen LogP contribution in [0, 0.1) is 0 Å². The maximum absolute atomic E-state index is 13.0. The summed E-state index contributed by atoms with van der Waals surface area (Å²) in [5.74, 6) is -4.11. The number of carbonyl (C=O) groups is 1. The maximum atomic E-state index is 13.0. The molecule has 0 unspecified atom stereocenters. The van der Waals surface area contributed by atoms with E-state index in [1.165, 1.54) is 38.5 Å². The monoisotopic (exact) mass is 302 g/mol. The van der Waals surface area contributed by atoms with Crippen LogP contribution in [0.2, 0.25) is 0 Å². The minimum absolute atomic E-state index is 0.287. The van der Waals surface area contributed by atoms with Gasteiger partial charge in [-0.1, -0.05) is 64.0 Å². The molecule has 0 rings (SSSR count). The number of allylic oxidation sites excluding steroid dienone is 2. The van der Waals surface area contributed by atoms with Crippen LogP contribution in [0.25, 0.3) is 0 Å². The SMILES string of the molecule is CCCC/C=C\CCCCCCCCCC(F)(F)C(C)=O. The molecular formula is C18H32F2O. The summed E-state index contributed by atoms with van der Waals surface area (Å²) in [5, 5.41) is 0. The zero-order valence-electron chi connectivity index (χ0n) is 13.8. The molecule has 0 spiro atoms.